The normalized spacial score (nSPS) is 27.9. The van der Waals surface area contributed by atoms with Crippen LogP contribution in [0, 0.1) is 5.41 Å². The number of phosphoric ester groups is 1. The van der Waals surface area contributed by atoms with Crippen LogP contribution in [0.3, 0.4) is 0 Å². The predicted octanol–water partition coefficient (Wildman–Crippen LogP) is 1.63. The average Bonchev–Trinajstić information content (AvgIpc) is 3.10. The molecule has 2 aromatic heterocycles. The Morgan fingerprint density at radius 2 is 2.07 bits per heavy atom. The van der Waals surface area contributed by atoms with Crippen LogP contribution >= 0.6 is 7.82 Å². The number of hydrogen-bond acceptors (Lipinski definition) is 9. The van der Waals surface area contributed by atoms with E-state index in [1.807, 2.05) is 20.8 Å². The number of nitrogen functional groups attached to an aromatic ring is 1. The molecule has 1 fully saturated rings. The third kappa shape index (κ3) is 4.35. The highest BCUT2D eigenvalue weighted by Gasteiger charge is 2.50. The van der Waals surface area contributed by atoms with Crippen LogP contribution in [-0.2, 0) is 18.3 Å². The molecule has 0 spiro atoms. The second-order valence-corrected chi connectivity index (χ2v) is 9.27. The summed E-state index contributed by atoms with van der Waals surface area (Å²) in [6.07, 6.45) is -0.738. The minimum Gasteiger partial charge on any atom is -0.386 e. The van der Waals surface area contributed by atoms with Crippen molar-refractivity contribution in [3.05, 3.63) is 12.7 Å². The van der Waals surface area contributed by atoms with Crippen molar-refractivity contribution in [1.82, 2.24) is 19.5 Å². The van der Waals surface area contributed by atoms with Crippen LogP contribution in [0.4, 0.5) is 5.82 Å². The molecular formula is C16H26N5O6P. The molecule has 28 heavy (non-hydrogen) atoms. The first-order chi connectivity index (χ1) is 13.0. The number of aromatic nitrogens is 4. The molecule has 4 N–H and O–H groups in total. The topological polar surface area (TPSA) is 155 Å². The van der Waals surface area contributed by atoms with Gasteiger partial charge in [-0.05, 0) is 18.8 Å². The smallest absolute Gasteiger partial charge is 0.386 e. The molecule has 1 saturated heterocycles. The molecule has 0 saturated carbocycles. The first kappa shape index (κ1) is 21.1. The third-order valence-corrected chi connectivity index (χ3v) is 5.43. The van der Waals surface area contributed by atoms with Crippen LogP contribution in [0.5, 0.6) is 0 Å². The fourth-order valence-electron chi connectivity index (χ4n) is 3.25. The van der Waals surface area contributed by atoms with E-state index in [1.165, 1.54) is 17.2 Å². The minimum absolute atomic E-state index is 0.00677. The molecule has 0 bridgehead atoms. The zero-order valence-electron chi connectivity index (χ0n) is 16.2. The summed E-state index contributed by atoms with van der Waals surface area (Å²) in [5.41, 5.74) is 6.38. The predicted molar refractivity (Wildman–Crippen MR) is 100 cm³/mol. The highest BCUT2D eigenvalue weighted by atomic mass is 31.2. The van der Waals surface area contributed by atoms with Gasteiger partial charge in [0, 0.05) is 0 Å². The summed E-state index contributed by atoms with van der Waals surface area (Å²) in [5, 5.41) is 10.9. The van der Waals surface area contributed by atoms with Gasteiger partial charge in [0.1, 0.15) is 24.1 Å². The fraction of sp³-hybridized carbons (Fsp3) is 0.688. The van der Waals surface area contributed by atoms with Gasteiger partial charge in [-0.3, -0.25) is 13.6 Å². The Morgan fingerprint density at radius 3 is 2.71 bits per heavy atom. The van der Waals surface area contributed by atoms with Crippen molar-refractivity contribution < 1.29 is 28.3 Å². The summed E-state index contributed by atoms with van der Waals surface area (Å²) < 4.78 is 29.8. The van der Waals surface area contributed by atoms with Crippen molar-refractivity contribution >= 4 is 24.8 Å². The van der Waals surface area contributed by atoms with Crippen LogP contribution in [0.1, 0.15) is 40.3 Å². The van der Waals surface area contributed by atoms with E-state index in [0.29, 0.717) is 17.6 Å². The van der Waals surface area contributed by atoms with Gasteiger partial charge < -0.3 is 20.5 Å². The summed E-state index contributed by atoms with van der Waals surface area (Å²) in [4.78, 5) is 22.1. The number of aliphatic hydroxyl groups is 1. The highest BCUT2D eigenvalue weighted by Crippen LogP contribution is 2.49. The summed E-state index contributed by atoms with van der Waals surface area (Å²) in [6, 6.07) is 0. The largest absolute Gasteiger partial charge is 0.472 e. The fourth-order valence-corrected chi connectivity index (χ4v) is 4.21. The maximum Gasteiger partial charge on any atom is 0.472 e. The number of nitrogens with two attached hydrogens (primary N) is 1. The minimum atomic E-state index is -4.35. The number of imidazole rings is 1. The lowest BCUT2D eigenvalue weighted by molar-refractivity contribution is -0.0457. The number of phosphoric acid groups is 1. The van der Waals surface area contributed by atoms with E-state index in [1.54, 1.807) is 6.92 Å². The van der Waals surface area contributed by atoms with Gasteiger partial charge in [-0.25, -0.2) is 19.5 Å². The van der Waals surface area contributed by atoms with Gasteiger partial charge in [-0.1, -0.05) is 20.8 Å². The summed E-state index contributed by atoms with van der Waals surface area (Å²) in [7, 11) is -4.35. The first-order valence-corrected chi connectivity index (χ1v) is 10.4. The second kappa shape index (κ2) is 7.66. The molecule has 0 amide bonds. The number of nitrogens with zero attached hydrogens (tertiary/aromatic N) is 4. The number of fused-ring (bicyclic) bond motifs is 1. The van der Waals surface area contributed by atoms with Gasteiger partial charge in [0.25, 0.3) is 0 Å². The molecule has 3 rings (SSSR count). The van der Waals surface area contributed by atoms with Crippen LogP contribution < -0.4 is 5.73 Å². The van der Waals surface area contributed by atoms with Crippen molar-refractivity contribution in [2.75, 3.05) is 12.3 Å². The zero-order valence-corrected chi connectivity index (χ0v) is 17.1. The Balaban J connectivity index is 1.95. The summed E-state index contributed by atoms with van der Waals surface area (Å²) in [5.74, 6) is 0.200. The van der Waals surface area contributed by atoms with Crippen LogP contribution in [0.25, 0.3) is 11.2 Å². The molecule has 156 valence electrons. The van der Waals surface area contributed by atoms with Crippen molar-refractivity contribution in [3.8, 4) is 0 Å². The number of aliphatic hydroxyl groups excluding tert-OH is 1. The van der Waals surface area contributed by atoms with Crippen molar-refractivity contribution in [3.63, 3.8) is 0 Å². The van der Waals surface area contributed by atoms with E-state index in [0.717, 1.165) is 0 Å². The van der Waals surface area contributed by atoms with Crippen molar-refractivity contribution in [1.29, 1.82) is 0 Å². The Kier molecular flexibility index (Phi) is 5.77. The Hall–Kier alpha value is -1.62. The van der Waals surface area contributed by atoms with Gasteiger partial charge in [0.15, 0.2) is 17.7 Å². The summed E-state index contributed by atoms with van der Waals surface area (Å²) >= 11 is 0. The number of rotatable bonds is 6. The molecule has 0 aromatic carbocycles. The average molecular weight is 415 g/mol. The van der Waals surface area contributed by atoms with Crippen LogP contribution in [0.15, 0.2) is 12.7 Å². The Bertz CT molecular complexity index is 884. The van der Waals surface area contributed by atoms with Gasteiger partial charge in [0.2, 0.25) is 0 Å². The number of ether oxygens (including phenoxy) is 1. The van der Waals surface area contributed by atoms with Gasteiger partial charge in [-0.2, -0.15) is 0 Å². The highest BCUT2D eigenvalue weighted by molar-refractivity contribution is 7.47. The SMILES string of the molecule is CCOP(=O)(O)OC1C(O)[C@H](n2cnc3c(N)ncnc32)O[C@@H]1CC(C)(C)C. The lowest BCUT2D eigenvalue weighted by atomic mass is 9.87. The molecule has 0 aliphatic carbocycles. The number of hydrogen-bond donors (Lipinski definition) is 3. The van der Waals surface area contributed by atoms with Gasteiger partial charge in [-0.15, -0.1) is 0 Å². The molecule has 11 nitrogen and oxygen atoms in total. The first-order valence-electron chi connectivity index (χ1n) is 8.94. The molecule has 12 heteroatoms. The quantitative estimate of drug-likeness (QED) is 0.593. The Labute approximate surface area is 162 Å². The van der Waals surface area contributed by atoms with Crippen LogP contribution in [0.2, 0.25) is 0 Å². The monoisotopic (exact) mass is 415 g/mol. The van der Waals surface area contributed by atoms with E-state index >= 15 is 0 Å². The zero-order chi connectivity index (χ0) is 20.7. The molecule has 1 aliphatic heterocycles. The molecule has 1 aliphatic rings. The Morgan fingerprint density at radius 1 is 1.36 bits per heavy atom. The van der Waals surface area contributed by atoms with E-state index < -0.39 is 32.4 Å². The molecule has 2 aromatic rings. The lowest BCUT2D eigenvalue weighted by Crippen LogP contribution is -2.35. The lowest BCUT2D eigenvalue weighted by Gasteiger charge is -2.27. The van der Waals surface area contributed by atoms with Crippen molar-refractivity contribution in [2.45, 2.75) is 58.7 Å². The second-order valence-electron chi connectivity index (χ2n) is 7.86. The van der Waals surface area contributed by atoms with E-state index in [2.05, 4.69) is 15.0 Å². The summed E-state index contributed by atoms with van der Waals surface area (Å²) in [6.45, 7) is 7.55. The standard InChI is InChI=1S/C16H26N5O6P/c1-5-25-28(23,24)27-12-9(6-16(2,3)4)26-15(11(12)22)21-8-20-10-13(17)18-7-19-14(10)21/h7-9,11-12,15,22H,5-6H2,1-4H3,(H,23,24)(H2,17,18,19)/t9-,11?,12?,15-/m1/s1. The molecule has 3 heterocycles. The van der Waals surface area contributed by atoms with E-state index in [9.17, 15) is 14.6 Å². The third-order valence-electron chi connectivity index (χ3n) is 4.33. The maximum absolute atomic E-state index is 12.2. The van der Waals surface area contributed by atoms with Gasteiger partial charge >= 0.3 is 7.82 Å². The van der Waals surface area contributed by atoms with Crippen LogP contribution in [-0.4, -0.2) is 54.4 Å². The molecule has 5 atom stereocenters. The van der Waals surface area contributed by atoms with E-state index in [4.69, 9.17) is 19.5 Å². The van der Waals surface area contributed by atoms with Crippen molar-refractivity contribution in [2.24, 2.45) is 5.41 Å². The van der Waals surface area contributed by atoms with E-state index in [-0.39, 0.29) is 17.8 Å². The molecule has 3 unspecified atom stereocenters. The number of anilines is 1. The van der Waals surface area contributed by atoms with Gasteiger partial charge in [0.05, 0.1) is 19.0 Å². The molecule has 0 radical (unpaired) electrons. The maximum atomic E-state index is 12.2. The molecular weight excluding hydrogens is 389 g/mol.